The van der Waals surface area contributed by atoms with Crippen LogP contribution in [0, 0.1) is 13.8 Å². The summed E-state index contributed by atoms with van der Waals surface area (Å²) in [6.07, 6.45) is 3.90. The number of rotatable bonds is 7. The molecule has 2 aromatic heterocycles. The standard InChI is InChI=1S/C18H24N4O4/c1-12-17(22-14-10-24-8-5-16(14)25-9-7-23)20-11-21-18(12)26-15-4-3-6-19-13(15)2/h3-4,6,11,14,16,23H,5,7-10H2,1-2H3,(H,20,21,22)/t14-,16+/m1/s1. The Kier molecular flexibility index (Phi) is 6.32. The molecule has 0 unspecified atom stereocenters. The van der Waals surface area contributed by atoms with Gasteiger partial charge in [-0.2, -0.15) is 0 Å². The van der Waals surface area contributed by atoms with Crippen molar-refractivity contribution in [2.75, 3.05) is 31.7 Å². The fourth-order valence-corrected chi connectivity index (χ4v) is 2.80. The Hall–Kier alpha value is -2.29. The molecule has 0 radical (unpaired) electrons. The van der Waals surface area contributed by atoms with E-state index in [-0.39, 0.29) is 18.8 Å². The van der Waals surface area contributed by atoms with Crippen LogP contribution in [0.5, 0.6) is 11.6 Å². The number of nitrogens with one attached hydrogen (secondary N) is 1. The first kappa shape index (κ1) is 18.5. The SMILES string of the molecule is Cc1ncccc1Oc1ncnc(N[C@@H]2COCC[C@@H]2OCCO)c1C. The molecule has 1 saturated heterocycles. The predicted molar refractivity (Wildman–Crippen MR) is 95.5 cm³/mol. The minimum Gasteiger partial charge on any atom is -0.437 e. The monoisotopic (exact) mass is 360 g/mol. The van der Waals surface area contributed by atoms with Gasteiger partial charge < -0.3 is 24.6 Å². The smallest absolute Gasteiger partial charge is 0.227 e. The zero-order valence-corrected chi connectivity index (χ0v) is 15.0. The van der Waals surface area contributed by atoms with E-state index in [0.29, 0.717) is 37.3 Å². The average molecular weight is 360 g/mol. The summed E-state index contributed by atoms with van der Waals surface area (Å²) in [5.74, 6) is 1.80. The number of nitrogens with zero attached hydrogens (tertiary/aromatic N) is 3. The third kappa shape index (κ3) is 4.46. The molecule has 0 aromatic carbocycles. The van der Waals surface area contributed by atoms with Crippen molar-refractivity contribution >= 4 is 5.82 Å². The first-order chi connectivity index (χ1) is 12.7. The highest BCUT2D eigenvalue weighted by molar-refractivity contribution is 5.49. The zero-order valence-electron chi connectivity index (χ0n) is 15.0. The van der Waals surface area contributed by atoms with Crippen LogP contribution in [-0.4, -0.2) is 58.6 Å². The van der Waals surface area contributed by atoms with Crippen LogP contribution < -0.4 is 10.1 Å². The molecule has 0 saturated carbocycles. The molecule has 3 heterocycles. The van der Waals surface area contributed by atoms with Crippen molar-refractivity contribution in [3.63, 3.8) is 0 Å². The Bertz CT molecular complexity index is 728. The summed E-state index contributed by atoms with van der Waals surface area (Å²) in [4.78, 5) is 12.8. The van der Waals surface area contributed by atoms with Gasteiger partial charge in [-0.25, -0.2) is 9.97 Å². The van der Waals surface area contributed by atoms with Gasteiger partial charge in [-0.05, 0) is 32.4 Å². The molecule has 0 spiro atoms. The van der Waals surface area contributed by atoms with Crippen molar-refractivity contribution in [1.82, 2.24) is 15.0 Å². The van der Waals surface area contributed by atoms with Gasteiger partial charge in [-0.15, -0.1) is 0 Å². The van der Waals surface area contributed by atoms with E-state index in [9.17, 15) is 0 Å². The molecule has 2 N–H and O–H groups in total. The van der Waals surface area contributed by atoms with Gasteiger partial charge >= 0.3 is 0 Å². The van der Waals surface area contributed by atoms with E-state index in [1.807, 2.05) is 26.0 Å². The van der Waals surface area contributed by atoms with Gasteiger partial charge in [0.25, 0.3) is 0 Å². The molecule has 8 nitrogen and oxygen atoms in total. The molecule has 140 valence electrons. The number of aliphatic hydroxyl groups excluding tert-OH is 1. The first-order valence-corrected chi connectivity index (χ1v) is 8.67. The molecule has 0 amide bonds. The van der Waals surface area contributed by atoms with Crippen LogP contribution in [0.4, 0.5) is 5.82 Å². The molecule has 0 bridgehead atoms. The largest absolute Gasteiger partial charge is 0.437 e. The average Bonchev–Trinajstić information content (AvgIpc) is 2.66. The minimum absolute atomic E-state index is 0.000930. The maximum Gasteiger partial charge on any atom is 0.227 e. The van der Waals surface area contributed by atoms with Gasteiger partial charge in [0.2, 0.25) is 5.88 Å². The molecule has 26 heavy (non-hydrogen) atoms. The van der Waals surface area contributed by atoms with Gasteiger partial charge in [0.1, 0.15) is 12.1 Å². The third-order valence-corrected chi connectivity index (χ3v) is 4.24. The highest BCUT2D eigenvalue weighted by Crippen LogP contribution is 2.28. The zero-order chi connectivity index (χ0) is 18.4. The number of hydrogen-bond donors (Lipinski definition) is 2. The van der Waals surface area contributed by atoms with Crippen LogP contribution in [0.2, 0.25) is 0 Å². The molecular formula is C18H24N4O4. The minimum atomic E-state index is -0.0584. The second-order valence-electron chi connectivity index (χ2n) is 6.09. The van der Waals surface area contributed by atoms with Crippen LogP contribution in [0.25, 0.3) is 0 Å². The van der Waals surface area contributed by atoms with Crippen LogP contribution in [0.3, 0.4) is 0 Å². The molecule has 2 atom stereocenters. The van der Waals surface area contributed by atoms with Crippen molar-refractivity contribution in [2.24, 2.45) is 0 Å². The predicted octanol–water partition coefficient (Wildman–Crippen LogP) is 1.86. The molecule has 1 aliphatic rings. The summed E-state index contributed by atoms with van der Waals surface area (Å²) in [6, 6.07) is 3.61. The number of ether oxygens (including phenoxy) is 3. The maximum atomic E-state index is 9.00. The Labute approximate surface area is 152 Å². The Morgan fingerprint density at radius 1 is 1.31 bits per heavy atom. The lowest BCUT2D eigenvalue weighted by Crippen LogP contribution is -2.44. The molecule has 8 heteroatoms. The summed E-state index contributed by atoms with van der Waals surface area (Å²) in [6.45, 7) is 5.24. The lowest BCUT2D eigenvalue weighted by molar-refractivity contribution is -0.0492. The van der Waals surface area contributed by atoms with E-state index < -0.39 is 0 Å². The number of pyridine rings is 1. The number of hydrogen-bond acceptors (Lipinski definition) is 8. The van der Waals surface area contributed by atoms with Crippen molar-refractivity contribution in [3.05, 3.63) is 35.9 Å². The Balaban J connectivity index is 1.75. The summed E-state index contributed by atoms with van der Waals surface area (Å²) in [7, 11) is 0. The normalized spacial score (nSPS) is 20.0. The second-order valence-corrected chi connectivity index (χ2v) is 6.09. The lowest BCUT2D eigenvalue weighted by atomic mass is 10.1. The maximum absolute atomic E-state index is 9.00. The fourth-order valence-electron chi connectivity index (χ4n) is 2.80. The van der Waals surface area contributed by atoms with Gasteiger partial charge in [-0.3, -0.25) is 4.98 Å². The lowest BCUT2D eigenvalue weighted by Gasteiger charge is -2.32. The van der Waals surface area contributed by atoms with Gasteiger partial charge in [0.05, 0.1) is 43.2 Å². The Morgan fingerprint density at radius 3 is 3.00 bits per heavy atom. The molecule has 1 fully saturated rings. The van der Waals surface area contributed by atoms with E-state index in [4.69, 9.17) is 19.3 Å². The molecule has 0 aliphatic carbocycles. The van der Waals surface area contributed by atoms with Crippen LogP contribution in [0.1, 0.15) is 17.7 Å². The van der Waals surface area contributed by atoms with Crippen LogP contribution in [-0.2, 0) is 9.47 Å². The van der Waals surface area contributed by atoms with Crippen LogP contribution in [0.15, 0.2) is 24.7 Å². The Morgan fingerprint density at radius 2 is 2.19 bits per heavy atom. The van der Waals surface area contributed by atoms with Gasteiger partial charge in [0, 0.05) is 12.8 Å². The van der Waals surface area contributed by atoms with E-state index in [1.54, 1.807) is 6.20 Å². The number of aliphatic hydroxyl groups is 1. The van der Waals surface area contributed by atoms with Crippen molar-refractivity contribution in [1.29, 1.82) is 0 Å². The van der Waals surface area contributed by atoms with E-state index in [2.05, 4.69) is 20.3 Å². The van der Waals surface area contributed by atoms with E-state index >= 15 is 0 Å². The van der Waals surface area contributed by atoms with E-state index in [0.717, 1.165) is 17.7 Å². The van der Waals surface area contributed by atoms with E-state index in [1.165, 1.54) is 6.33 Å². The summed E-state index contributed by atoms with van der Waals surface area (Å²) in [5, 5.41) is 12.4. The van der Waals surface area contributed by atoms with Crippen molar-refractivity contribution in [2.45, 2.75) is 32.4 Å². The van der Waals surface area contributed by atoms with Crippen molar-refractivity contribution in [3.8, 4) is 11.6 Å². The fraction of sp³-hybridized carbons (Fsp3) is 0.500. The molecule has 1 aliphatic heterocycles. The highest BCUT2D eigenvalue weighted by atomic mass is 16.5. The number of anilines is 1. The van der Waals surface area contributed by atoms with Gasteiger partial charge in [0.15, 0.2) is 5.75 Å². The second kappa shape index (κ2) is 8.88. The van der Waals surface area contributed by atoms with Crippen molar-refractivity contribution < 1.29 is 19.3 Å². The first-order valence-electron chi connectivity index (χ1n) is 8.67. The summed E-state index contributed by atoms with van der Waals surface area (Å²) in [5.41, 5.74) is 1.58. The topological polar surface area (TPSA) is 98.6 Å². The summed E-state index contributed by atoms with van der Waals surface area (Å²) < 4.78 is 17.2. The third-order valence-electron chi connectivity index (χ3n) is 4.24. The highest BCUT2D eigenvalue weighted by Gasteiger charge is 2.27. The molecule has 2 aromatic rings. The molecule has 3 rings (SSSR count). The van der Waals surface area contributed by atoms with Gasteiger partial charge in [-0.1, -0.05) is 0 Å². The summed E-state index contributed by atoms with van der Waals surface area (Å²) >= 11 is 0. The number of aromatic nitrogens is 3. The quantitative estimate of drug-likeness (QED) is 0.772. The number of aryl methyl sites for hydroxylation is 1. The van der Waals surface area contributed by atoms with Crippen LogP contribution >= 0.6 is 0 Å². The molecular weight excluding hydrogens is 336 g/mol.